The minimum absolute atomic E-state index is 0.353. The monoisotopic (exact) mass is 299 g/mol. The summed E-state index contributed by atoms with van der Waals surface area (Å²) in [5.41, 5.74) is 3.44. The molecule has 4 rings (SSSR count). The summed E-state index contributed by atoms with van der Waals surface area (Å²) in [5, 5.41) is 16.6. The highest BCUT2D eigenvalue weighted by molar-refractivity contribution is 5.63. The van der Waals surface area contributed by atoms with Crippen molar-refractivity contribution >= 4 is 0 Å². The number of aromatic amines is 1. The van der Waals surface area contributed by atoms with Crippen LogP contribution in [0.5, 0.6) is 5.75 Å². The van der Waals surface area contributed by atoms with Crippen LogP contribution >= 0.6 is 0 Å². The maximum atomic E-state index is 9.25. The molecule has 1 aromatic heterocycles. The van der Waals surface area contributed by atoms with Crippen molar-refractivity contribution < 1.29 is 9.84 Å². The first-order valence-corrected chi connectivity index (χ1v) is 7.80. The van der Waals surface area contributed by atoms with Crippen molar-refractivity contribution in [1.82, 2.24) is 15.1 Å². The van der Waals surface area contributed by atoms with E-state index in [1.54, 1.807) is 7.11 Å². The van der Waals surface area contributed by atoms with Gasteiger partial charge in [-0.25, -0.2) is 0 Å². The van der Waals surface area contributed by atoms with Crippen molar-refractivity contribution in [2.24, 2.45) is 17.8 Å². The van der Waals surface area contributed by atoms with Gasteiger partial charge in [0, 0.05) is 37.4 Å². The zero-order chi connectivity index (χ0) is 15.1. The number of hydrogen-bond donors (Lipinski definition) is 2. The standard InChI is InChI=1S/C17H21N3O2/c1-22-13-4-2-11(3-5-13)17-12(6-18-19-17)7-20-8-14-15(9-20)16(14)10-21/h2-6,14-16,21H,7-10H2,1H3,(H,18,19)/t14-,15+,16?. The molecule has 1 aromatic carbocycles. The van der Waals surface area contributed by atoms with Crippen molar-refractivity contribution in [2.45, 2.75) is 6.54 Å². The minimum Gasteiger partial charge on any atom is -0.497 e. The van der Waals surface area contributed by atoms with Crippen LogP contribution in [0.1, 0.15) is 5.56 Å². The van der Waals surface area contributed by atoms with Gasteiger partial charge in [-0.2, -0.15) is 5.10 Å². The SMILES string of the molecule is COc1ccc(-c2[nH]ncc2CN2C[C@@H]3C(CO)[C@@H]3C2)cc1. The van der Waals surface area contributed by atoms with E-state index in [-0.39, 0.29) is 0 Å². The number of aliphatic hydroxyl groups excluding tert-OH is 1. The van der Waals surface area contributed by atoms with Crippen LogP contribution in [0.3, 0.4) is 0 Å². The highest BCUT2D eigenvalue weighted by atomic mass is 16.5. The summed E-state index contributed by atoms with van der Waals surface area (Å²) in [6, 6.07) is 8.05. The number of nitrogens with zero attached hydrogens (tertiary/aromatic N) is 2. The molecule has 1 saturated heterocycles. The van der Waals surface area contributed by atoms with Crippen LogP contribution in [-0.4, -0.2) is 47.0 Å². The number of nitrogens with one attached hydrogen (secondary N) is 1. The summed E-state index contributed by atoms with van der Waals surface area (Å²) >= 11 is 0. The van der Waals surface area contributed by atoms with Crippen LogP contribution in [0.2, 0.25) is 0 Å². The molecule has 1 aliphatic carbocycles. The summed E-state index contributed by atoms with van der Waals surface area (Å²) in [6.45, 7) is 3.47. The van der Waals surface area contributed by atoms with E-state index in [1.807, 2.05) is 18.3 Å². The third kappa shape index (κ3) is 2.30. The first-order valence-electron chi connectivity index (χ1n) is 7.80. The fourth-order valence-electron chi connectivity index (χ4n) is 3.82. The Hall–Kier alpha value is -1.85. The average Bonchev–Trinajstić information content (AvgIpc) is 2.92. The maximum absolute atomic E-state index is 9.25. The zero-order valence-corrected chi connectivity index (χ0v) is 12.7. The number of aromatic nitrogens is 2. The third-order valence-electron chi connectivity index (χ3n) is 5.15. The summed E-state index contributed by atoms with van der Waals surface area (Å²) in [6.07, 6.45) is 1.92. The van der Waals surface area contributed by atoms with Crippen LogP contribution in [0.25, 0.3) is 11.3 Å². The Labute approximate surface area is 129 Å². The number of H-pyrrole nitrogens is 1. The highest BCUT2D eigenvalue weighted by Crippen LogP contribution is 2.51. The molecule has 2 N–H and O–H groups in total. The molecule has 1 aliphatic heterocycles. The lowest BCUT2D eigenvalue weighted by Crippen LogP contribution is -2.24. The van der Waals surface area contributed by atoms with E-state index in [9.17, 15) is 5.11 Å². The molecule has 3 atom stereocenters. The smallest absolute Gasteiger partial charge is 0.118 e. The first kappa shape index (κ1) is 13.8. The highest BCUT2D eigenvalue weighted by Gasteiger charge is 2.54. The summed E-state index contributed by atoms with van der Waals surface area (Å²) in [5.74, 6) is 2.84. The van der Waals surface area contributed by atoms with Gasteiger partial charge in [-0.1, -0.05) is 0 Å². The van der Waals surface area contributed by atoms with Crippen molar-refractivity contribution in [2.75, 3.05) is 26.8 Å². The molecule has 1 saturated carbocycles. The van der Waals surface area contributed by atoms with Crippen LogP contribution < -0.4 is 4.74 Å². The fourth-order valence-corrected chi connectivity index (χ4v) is 3.82. The van der Waals surface area contributed by atoms with Gasteiger partial charge in [0.2, 0.25) is 0 Å². The molecular weight excluding hydrogens is 278 g/mol. The van der Waals surface area contributed by atoms with Crippen molar-refractivity contribution in [3.05, 3.63) is 36.0 Å². The number of ether oxygens (including phenoxy) is 1. The molecule has 2 fully saturated rings. The molecule has 2 aliphatic rings. The normalized spacial score (nSPS) is 26.9. The lowest BCUT2D eigenvalue weighted by atomic mass is 10.1. The first-order chi connectivity index (χ1) is 10.8. The van der Waals surface area contributed by atoms with Crippen LogP contribution in [-0.2, 0) is 6.54 Å². The second-order valence-corrected chi connectivity index (χ2v) is 6.37. The Morgan fingerprint density at radius 2 is 2.00 bits per heavy atom. The van der Waals surface area contributed by atoms with E-state index in [2.05, 4.69) is 27.2 Å². The largest absolute Gasteiger partial charge is 0.497 e. The van der Waals surface area contributed by atoms with E-state index < -0.39 is 0 Å². The number of aliphatic hydroxyl groups is 1. The molecule has 0 amide bonds. The fraction of sp³-hybridized carbons (Fsp3) is 0.471. The number of rotatable bonds is 5. The van der Waals surface area contributed by atoms with Crippen LogP contribution in [0.4, 0.5) is 0 Å². The topological polar surface area (TPSA) is 61.4 Å². The number of fused-ring (bicyclic) bond motifs is 1. The van der Waals surface area contributed by atoms with Gasteiger partial charge in [0.15, 0.2) is 0 Å². The van der Waals surface area contributed by atoms with E-state index in [4.69, 9.17) is 4.74 Å². The van der Waals surface area contributed by atoms with Crippen molar-refractivity contribution in [3.63, 3.8) is 0 Å². The minimum atomic E-state index is 0.353. The number of piperidine rings is 1. The van der Waals surface area contributed by atoms with Crippen molar-refractivity contribution in [1.29, 1.82) is 0 Å². The molecule has 0 radical (unpaired) electrons. The number of hydrogen-bond acceptors (Lipinski definition) is 4. The molecule has 1 unspecified atom stereocenters. The zero-order valence-electron chi connectivity index (χ0n) is 12.7. The Balaban J connectivity index is 1.46. The molecule has 22 heavy (non-hydrogen) atoms. The van der Waals surface area contributed by atoms with Crippen molar-refractivity contribution in [3.8, 4) is 17.0 Å². The molecule has 2 heterocycles. The van der Waals surface area contributed by atoms with E-state index in [1.165, 1.54) is 5.56 Å². The predicted molar refractivity (Wildman–Crippen MR) is 83.4 cm³/mol. The van der Waals surface area contributed by atoms with Crippen LogP contribution in [0.15, 0.2) is 30.5 Å². The molecule has 5 nitrogen and oxygen atoms in total. The van der Waals surface area contributed by atoms with E-state index >= 15 is 0 Å². The van der Waals surface area contributed by atoms with Gasteiger partial charge >= 0.3 is 0 Å². The Kier molecular flexibility index (Phi) is 3.39. The summed E-state index contributed by atoms with van der Waals surface area (Å²) < 4.78 is 5.21. The summed E-state index contributed by atoms with van der Waals surface area (Å²) in [4.78, 5) is 2.47. The molecule has 2 aromatic rings. The molecule has 0 spiro atoms. The summed E-state index contributed by atoms with van der Waals surface area (Å²) in [7, 11) is 1.68. The van der Waals surface area contributed by atoms with Gasteiger partial charge in [-0.3, -0.25) is 10.00 Å². The van der Waals surface area contributed by atoms with Gasteiger partial charge in [-0.15, -0.1) is 0 Å². The Morgan fingerprint density at radius 3 is 2.64 bits per heavy atom. The van der Waals surface area contributed by atoms with Crippen LogP contribution in [0, 0.1) is 17.8 Å². The van der Waals surface area contributed by atoms with Gasteiger partial charge < -0.3 is 9.84 Å². The van der Waals surface area contributed by atoms with E-state index in [0.717, 1.165) is 36.6 Å². The predicted octanol–water partition coefficient (Wildman–Crippen LogP) is 1.76. The quantitative estimate of drug-likeness (QED) is 0.883. The lowest BCUT2D eigenvalue weighted by Gasteiger charge is -2.18. The second-order valence-electron chi connectivity index (χ2n) is 6.37. The lowest BCUT2D eigenvalue weighted by molar-refractivity contribution is 0.217. The maximum Gasteiger partial charge on any atom is 0.118 e. The molecule has 5 heteroatoms. The number of likely N-dealkylation sites (tertiary alicyclic amines) is 1. The van der Waals surface area contributed by atoms with E-state index in [0.29, 0.717) is 24.4 Å². The second kappa shape index (κ2) is 5.41. The third-order valence-corrected chi connectivity index (χ3v) is 5.15. The van der Waals surface area contributed by atoms with Gasteiger partial charge in [-0.05, 0) is 42.0 Å². The Bertz CT molecular complexity index is 640. The van der Waals surface area contributed by atoms with Gasteiger partial charge in [0.25, 0.3) is 0 Å². The van der Waals surface area contributed by atoms with Gasteiger partial charge in [0.1, 0.15) is 5.75 Å². The molecular formula is C17H21N3O2. The molecule has 0 bridgehead atoms. The average molecular weight is 299 g/mol. The number of methoxy groups -OCH3 is 1. The Morgan fingerprint density at radius 1 is 1.27 bits per heavy atom. The van der Waals surface area contributed by atoms with Gasteiger partial charge in [0.05, 0.1) is 19.0 Å². The molecule has 116 valence electrons. The number of benzene rings is 1.